The fraction of sp³-hybridized carbons (Fsp3) is 0.857. The third kappa shape index (κ3) is 32.4. The minimum atomic E-state index is -4.25. The zero-order valence-corrected chi connectivity index (χ0v) is 30.0. The van der Waals surface area contributed by atoms with E-state index in [0.717, 1.165) is 57.8 Å². The smallest absolute Gasteiger partial charge is 0.457 e. The van der Waals surface area contributed by atoms with Gasteiger partial charge in [0.25, 0.3) is 0 Å². The normalized spacial score (nSPS) is 14.4. The molecule has 0 amide bonds. The number of rotatable bonds is 32. The van der Waals surface area contributed by atoms with Crippen molar-refractivity contribution in [1.29, 1.82) is 0 Å². The molecule has 0 heterocycles. The SMILES string of the molecule is CCCCCC/C=C\C/C=C\CCCCCCCCOCC(COP(=O)(O)OCC[N+](C)(C)C)OC(=O)CCCCCCC. The summed E-state index contributed by atoms with van der Waals surface area (Å²) >= 11 is 0. The number of hydrogen-bond donors (Lipinski definition) is 1. The van der Waals surface area contributed by atoms with Crippen LogP contribution in [0.1, 0.15) is 136 Å². The van der Waals surface area contributed by atoms with E-state index in [4.69, 9.17) is 18.5 Å². The standard InChI is InChI=1S/C35H68NO7P/c1-6-8-10-12-13-14-15-16-17-18-19-20-21-22-23-25-27-30-40-32-34(43-35(37)28-26-24-11-9-7-2)33-42-44(38,39)41-31-29-36(3,4)5/h14-15,17-18,34H,6-13,16,19-33H2,1-5H3/p+1/b15-14-,18-17-. The summed E-state index contributed by atoms with van der Waals surface area (Å²) in [5.41, 5.74) is 0. The van der Waals surface area contributed by atoms with Gasteiger partial charge in [0.05, 0.1) is 34.4 Å². The summed E-state index contributed by atoms with van der Waals surface area (Å²) in [5, 5.41) is 0. The molecule has 8 nitrogen and oxygen atoms in total. The van der Waals surface area contributed by atoms with Gasteiger partial charge in [-0.1, -0.05) is 109 Å². The van der Waals surface area contributed by atoms with Crippen LogP contribution in [0.4, 0.5) is 0 Å². The first kappa shape index (κ1) is 43.0. The molecule has 44 heavy (non-hydrogen) atoms. The Balaban J connectivity index is 4.17. The van der Waals surface area contributed by atoms with Crippen molar-refractivity contribution >= 4 is 13.8 Å². The molecule has 2 atom stereocenters. The van der Waals surface area contributed by atoms with Crippen LogP contribution in [-0.4, -0.2) is 75.6 Å². The molecule has 0 aliphatic rings. The number of ether oxygens (including phenoxy) is 2. The van der Waals surface area contributed by atoms with Crippen LogP contribution < -0.4 is 0 Å². The van der Waals surface area contributed by atoms with Gasteiger partial charge in [0.15, 0.2) is 0 Å². The second-order valence-corrected chi connectivity index (χ2v) is 14.4. The first-order chi connectivity index (χ1) is 21.1. The third-order valence-electron chi connectivity index (χ3n) is 7.27. The third-order valence-corrected chi connectivity index (χ3v) is 8.25. The highest BCUT2D eigenvalue weighted by molar-refractivity contribution is 7.47. The van der Waals surface area contributed by atoms with Crippen molar-refractivity contribution in [3.05, 3.63) is 24.3 Å². The number of allylic oxidation sites excluding steroid dienone is 4. The fourth-order valence-electron chi connectivity index (χ4n) is 4.46. The van der Waals surface area contributed by atoms with Crippen LogP contribution >= 0.6 is 7.82 Å². The molecule has 0 aromatic carbocycles. The molecule has 1 N–H and O–H groups in total. The van der Waals surface area contributed by atoms with Gasteiger partial charge < -0.3 is 18.9 Å². The number of carbonyl (C=O) groups excluding carboxylic acids is 1. The molecule has 0 aromatic heterocycles. The summed E-state index contributed by atoms with van der Waals surface area (Å²) in [6, 6.07) is 0. The lowest BCUT2D eigenvalue weighted by Crippen LogP contribution is -2.37. The topological polar surface area (TPSA) is 91.3 Å². The van der Waals surface area contributed by atoms with E-state index in [-0.39, 0.29) is 25.8 Å². The molecule has 0 fully saturated rings. The van der Waals surface area contributed by atoms with Crippen LogP contribution in [0, 0.1) is 0 Å². The zero-order chi connectivity index (χ0) is 32.8. The lowest BCUT2D eigenvalue weighted by Gasteiger charge is -2.24. The number of likely N-dealkylation sites (N-methyl/N-ethyl adjacent to an activating group) is 1. The van der Waals surface area contributed by atoms with Crippen LogP contribution in [0.15, 0.2) is 24.3 Å². The van der Waals surface area contributed by atoms with Gasteiger partial charge in [-0.25, -0.2) is 4.57 Å². The molecule has 0 aliphatic heterocycles. The first-order valence-electron chi connectivity index (χ1n) is 17.6. The number of phosphoric acid groups is 1. The molecule has 2 unspecified atom stereocenters. The van der Waals surface area contributed by atoms with Crippen LogP contribution in [0.5, 0.6) is 0 Å². The molecule has 0 spiro atoms. The molecule has 0 radical (unpaired) electrons. The van der Waals surface area contributed by atoms with E-state index >= 15 is 0 Å². The van der Waals surface area contributed by atoms with E-state index in [1.807, 2.05) is 21.1 Å². The largest absolute Gasteiger partial charge is 0.472 e. The maximum atomic E-state index is 12.4. The van der Waals surface area contributed by atoms with Gasteiger partial charge in [0, 0.05) is 13.0 Å². The maximum Gasteiger partial charge on any atom is 0.472 e. The van der Waals surface area contributed by atoms with Crippen molar-refractivity contribution in [3.8, 4) is 0 Å². The molecule has 0 saturated heterocycles. The van der Waals surface area contributed by atoms with Crippen molar-refractivity contribution in [2.24, 2.45) is 0 Å². The van der Waals surface area contributed by atoms with Crippen LogP contribution in [0.25, 0.3) is 0 Å². The Labute approximate surface area is 271 Å². The van der Waals surface area contributed by atoms with Crippen molar-refractivity contribution in [1.82, 2.24) is 0 Å². The lowest BCUT2D eigenvalue weighted by molar-refractivity contribution is -0.870. The second-order valence-electron chi connectivity index (χ2n) is 12.9. The highest BCUT2D eigenvalue weighted by Gasteiger charge is 2.26. The second kappa shape index (κ2) is 29.4. The molecule has 0 saturated carbocycles. The van der Waals surface area contributed by atoms with Crippen LogP contribution in [0.2, 0.25) is 0 Å². The lowest BCUT2D eigenvalue weighted by atomic mass is 10.1. The monoisotopic (exact) mass is 646 g/mol. The number of carbonyl (C=O) groups is 1. The highest BCUT2D eigenvalue weighted by atomic mass is 31.2. The molecule has 0 bridgehead atoms. The van der Waals surface area contributed by atoms with Gasteiger partial charge in [-0.3, -0.25) is 13.8 Å². The predicted molar refractivity (Wildman–Crippen MR) is 183 cm³/mol. The molecule has 0 rings (SSSR count). The van der Waals surface area contributed by atoms with E-state index in [2.05, 4.69) is 38.2 Å². The molecule has 0 aromatic rings. The fourth-order valence-corrected chi connectivity index (χ4v) is 5.20. The minimum Gasteiger partial charge on any atom is -0.457 e. The number of esters is 1. The van der Waals surface area contributed by atoms with Crippen molar-refractivity contribution in [3.63, 3.8) is 0 Å². The summed E-state index contributed by atoms with van der Waals surface area (Å²) in [6.07, 6.45) is 29.5. The Kier molecular flexibility index (Phi) is 28.7. The minimum absolute atomic E-state index is 0.0869. The van der Waals surface area contributed by atoms with E-state index in [1.165, 1.54) is 57.8 Å². The summed E-state index contributed by atoms with van der Waals surface area (Å²) in [7, 11) is 1.66. The number of quaternary nitrogens is 1. The Morgan fingerprint density at radius 3 is 1.86 bits per heavy atom. The van der Waals surface area contributed by atoms with Gasteiger partial charge in [0.1, 0.15) is 19.3 Å². The number of nitrogens with zero attached hydrogens (tertiary/aromatic N) is 1. The number of unbranched alkanes of at least 4 members (excludes halogenated alkanes) is 14. The Hall–Kier alpha value is -1.02. The zero-order valence-electron chi connectivity index (χ0n) is 29.1. The van der Waals surface area contributed by atoms with Gasteiger partial charge in [-0.15, -0.1) is 0 Å². The average Bonchev–Trinajstić information content (AvgIpc) is 2.96. The van der Waals surface area contributed by atoms with Crippen molar-refractivity contribution < 1.29 is 37.3 Å². The van der Waals surface area contributed by atoms with Crippen molar-refractivity contribution in [2.45, 2.75) is 142 Å². The first-order valence-corrected chi connectivity index (χ1v) is 19.1. The van der Waals surface area contributed by atoms with Crippen LogP contribution in [0.3, 0.4) is 0 Å². The van der Waals surface area contributed by atoms with Gasteiger partial charge >= 0.3 is 13.8 Å². The molecular formula is C35H69NO7P+. The van der Waals surface area contributed by atoms with Gasteiger partial charge in [-0.05, 0) is 44.9 Å². The summed E-state index contributed by atoms with van der Waals surface area (Å²) in [5.74, 6) is -0.332. The van der Waals surface area contributed by atoms with E-state index in [1.54, 1.807) is 0 Å². The summed E-state index contributed by atoms with van der Waals surface area (Å²) in [6.45, 7) is 5.48. The summed E-state index contributed by atoms with van der Waals surface area (Å²) < 4.78 is 34.5. The van der Waals surface area contributed by atoms with Crippen LogP contribution in [-0.2, 0) is 27.9 Å². The number of hydrogen-bond acceptors (Lipinski definition) is 6. The Bertz CT molecular complexity index is 767. The molecular weight excluding hydrogens is 577 g/mol. The van der Waals surface area contributed by atoms with E-state index in [0.29, 0.717) is 24.1 Å². The predicted octanol–water partition coefficient (Wildman–Crippen LogP) is 9.32. The Morgan fingerprint density at radius 2 is 1.25 bits per heavy atom. The van der Waals surface area contributed by atoms with Gasteiger partial charge in [-0.2, -0.15) is 0 Å². The Morgan fingerprint density at radius 1 is 0.705 bits per heavy atom. The maximum absolute atomic E-state index is 12.4. The average molecular weight is 647 g/mol. The van der Waals surface area contributed by atoms with E-state index in [9.17, 15) is 14.3 Å². The number of phosphoric ester groups is 1. The molecule has 0 aliphatic carbocycles. The van der Waals surface area contributed by atoms with Gasteiger partial charge in [0.2, 0.25) is 0 Å². The van der Waals surface area contributed by atoms with Crippen molar-refractivity contribution in [2.75, 3.05) is 54.1 Å². The highest BCUT2D eigenvalue weighted by Crippen LogP contribution is 2.43. The molecule has 260 valence electrons. The van der Waals surface area contributed by atoms with E-state index < -0.39 is 13.9 Å². The molecule has 9 heteroatoms. The summed E-state index contributed by atoms with van der Waals surface area (Å²) in [4.78, 5) is 22.5. The quantitative estimate of drug-likeness (QED) is 0.0256.